The fourth-order valence-corrected chi connectivity index (χ4v) is 1.74. The summed E-state index contributed by atoms with van der Waals surface area (Å²) in [5.74, 6) is -0.381. The molecule has 92 valence electrons. The van der Waals surface area contributed by atoms with Crippen LogP contribution in [-0.2, 0) is 4.79 Å². The summed E-state index contributed by atoms with van der Waals surface area (Å²) >= 11 is 0. The summed E-state index contributed by atoms with van der Waals surface area (Å²) in [6.07, 6.45) is 3.99. The Hall–Kier alpha value is -1.26. The lowest BCUT2D eigenvalue weighted by atomic mass is 9.85. The lowest BCUT2D eigenvalue weighted by Gasteiger charge is -2.30. The summed E-state index contributed by atoms with van der Waals surface area (Å²) < 4.78 is 0. The van der Waals surface area contributed by atoms with Gasteiger partial charge in [0.2, 0.25) is 0 Å². The highest BCUT2D eigenvalue weighted by Crippen LogP contribution is 2.26. The van der Waals surface area contributed by atoms with Crippen LogP contribution in [0.15, 0.2) is 0 Å². The Morgan fingerprint density at radius 3 is 2.50 bits per heavy atom. The molecule has 1 aliphatic carbocycles. The van der Waals surface area contributed by atoms with Gasteiger partial charge in [-0.25, -0.2) is 9.59 Å². The van der Waals surface area contributed by atoms with Gasteiger partial charge in [0.1, 0.15) is 6.04 Å². The zero-order chi connectivity index (χ0) is 12.1. The average molecular weight is 228 g/mol. The van der Waals surface area contributed by atoms with Crippen LogP contribution in [0.3, 0.4) is 0 Å². The van der Waals surface area contributed by atoms with Gasteiger partial charge in [0.05, 0.1) is 0 Å². The predicted molar refractivity (Wildman–Crippen MR) is 60.2 cm³/mol. The van der Waals surface area contributed by atoms with Crippen LogP contribution in [0.25, 0.3) is 0 Å². The van der Waals surface area contributed by atoms with Crippen molar-refractivity contribution in [3.8, 4) is 0 Å². The lowest BCUT2D eigenvalue weighted by Crippen LogP contribution is -2.47. The molecule has 0 aromatic heterocycles. The van der Waals surface area contributed by atoms with E-state index in [2.05, 4.69) is 5.32 Å². The zero-order valence-electron chi connectivity index (χ0n) is 9.90. The van der Waals surface area contributed by atoms with Gasteiger partial charge in [-0.05, 0) is 25.2 Å². The summed E-state index contributed by atoms with van der Waals surface area (Å²) in [4.78, 5) is 24.0. The van der Waals surface area contributed by atoms with E-state index in [1.54, 1.807) is 18.9 Å². The second-order valence-corrected chi connectivity index (χ2v) is 4.43. The van der Waals surface area contributed by atoms with Gasteiger partial charge < -0.3 is 15.3 Å². The van der Waals surface area contributed by atoms with Crippen LogP contribution in [0.2, 0.25) is 0 Å². The van der Waals surface area contributed by atoms with Gasteiger partial charge >= 0.3 is 12.0 Å². The number of carbonyl (C=O) groups is 2. The first-order valence-corrected chi connectivity index (χ1v) is 5.79. The number of rotatable bonds is 5. The van der Waals surface area contributed by atoms with Crippen LogP contribution in [0, 0.1) is 5.92 Å². The molecule has 5 nitrogen and oxygen atoms in total. The predicted octanol–water partition coefficient (Wildman–Crippen LogP) is 1.29. The van der Waals surface area contributed by atoms with Crippen molar-refractivity contribution in [3.63, 3.8) is 0 Å². The maximum absolute atomic E-state index is 11.6. The summed E-state index contributed by atoms with van der Waals surface area (Å²) in [5.41, 5.74) is 0. The molecule has 5 heteroatoms. The smallest absolute Gasteiger partial charge is 0.326 e. The molecule has 16 heavy (non-hydrogen) atoms. The zero-order valence-corrected chi connectivity index (χ0v) is 9.90. The Bertz CT molecular complexity index is 264. The van der Waals surface area contributed by atoms with Gasteiger partial charge in [-0.3, -0.25) is 0 Å². The van der Waals surface area contributed by atoms with E-state index < -0.39 is 12.0 Å². The summed E-state index contributed by atoms with van der Waals surface area (Å²) in [6, 6.07) is -1.07. The molecule has 0 spiro atoms. The second-order valence-electron chi connectivity index (χ2n) is 4.43. The van der Waals surface area contributed by atoms with Crippen molar-refractivity contribution in [3.05, 3.63) is 0 Å². The molecule has 1 saturated carbocycles. The fourth-order valence-electron chi connectivity index (χ4n) is 1.74. The third-order valence-corrected chi connectivity index (χ3v) is 3.11. The largest absolute Gasteiger partial charge is 0.480 e. The van der Waals surface area contributed by atoms with Crippen molar-refractivity contribution in [2.75, 3.05) is 13.6 Å². The molecular formula is C11H20N2O3. The van der Waals surface area contributed by atoms with Crippen molar-refractivity contribution < 1.29 is 14.7 Å². The highest BCUT2D eigenvalue weighted by molar-refractivity contribution is 5.82. The van der Waals surface area contributed by atoms with Gasteiger partial charge in [0.25, 0.3) is 0 Å². The Balaban J connectivity index is 2.34. The molecule has 0 heterocycles. The van der Waals surface area contributed by atoms with Crippen LogP contribution < -0.4 is 5.32 Å². The minimum Gasteiger partial charge on any atom is -0.480 e. The number of amides is 2. The number of urea groups is 1. The number of nitrogens with zero attached hydrogens (tertiary/aromatic N) is 1. The molecule has 0 aromatic carbocycles. The van der Waals surface area contributed by atoms with Crippen LogP contribution in [0.1, 0.15) is 32.6 Å². The first-order valence-electron chi connectivity index (χ1n) is 5.79. The monoisotopic (exact) mass is 228 g/mol. The van der Waals surface area contributed by atoms with Crippen molar-refractivity contribution in [1.29, 1.82) is 0 Å². The van der Waals surface area contributed by atoms with E-state index in [9.17, 15) is 9.59 Å². The second kappa shape index (κ2) is 5.72. The summed E-state index contributed by atoms with van der Waals surface area (Å²) in [7, 11) is 1.71. The van der Waals surface area contributed by atoms with Crippen molar-refractivity contribution in [2.24, 2.45) is 5.92 Å². The molecule has 1 atom stereocenters. The van der Waals surface area contributed by atoms with Gasteiger partial charge in [0, 0.05) is 13.6 Å². The SMILES string of the molecule is CCC(NC(=O)N(C)CC1CCC1)C(=O)O. The third kappa shape index (κ3) is 3.40. The summed E-state index contributed by atoms with van der Waals surface area (Å²) in [5, 5.41) is 11.3. The molecule has 2 N–H and O–H groups in total. The Kier molecular flexibility index (Phi) is 4.58. The number of hydrogen-bond donors (Lipinski definition) is 2. The van der Waals surface area contributed by atoms with Crippen LogP contribution in [0.4, 0.5) is 4.79 Å². The quantitative estimate of drug-likeness (QED) is 0.745. The summed E-state index contributed by atoms with van der Waals surface area (Å²) in [6.45, 7) is 2.47. The number of carboxylic acid groups (broad SMARTS) is 1. The Morgan fingerprint density at radius 2 is 2.12 bits per heavy atom. The average Bonchev–Trinajstić information content (AvgIpc) is 2.18. The number of hydrogen-bond acceptors (Lipinski definition) is 2. The molecule has 1 rings (SSSR count). The van der Waals surface area contributed by atoms with Gasteiger partial charge in [-0.15, -0.1) is 0 Å². The van der Waals surface area contributed by atoms with E-state index in [1.165, 1.54) is 19.3 Å². The highest BCUT2D eigenvalue weighted by atomic mass is 16.4. The minimum atomic E-state index is -0.979. The van der Waals surface area contributed by atoms with Crippen LogP contribution in [-0.4, -0.2) is 41.6 Å². The molecule has 0 saturated heterocycles. The standard InChI is InChI=1S/C11H20N2O3/c1-3-9(10(14)15)12-11(16)13(2)7-8-5-4-6-8/h8-9H,3-7H2,1-2H3,(H,12,16)(H,14,15). The van der Waals surface area contributed by atoms with E-state index in [0.717, 1.165) is 6.54 Å². The van der Waals surface area contributed by atoms with Crippen molar-refractivity contribution in [2.45, 2.75) is 38.6 Å². The fraction of sp³-hybridized carbons (Fsp3) is 0.818. The van der Waals surface area contributed by atoms with E-state index in [0.29, 0.717) is 12.3 Å². The van der Waals surface area contributed by atoms with Gasteiger partial charge in [0.15, 0.2) is 0 Å². The third-order valence-electron chi connectivity index (χ3n) is 3.11. The molecule has 0 bridgehead atoms. The molecule has 1 fully saturated rings. The van der Waals surface area contributed by atoms with E-state index in [1.807, 2.05) is 0 Å². The van der Waals surface area contributed by atoms with Crippen molar-refractivity contribution in [1.82, 2.24) is 10.2 Å². The van der Waals surface area contributed by atoms with Gasteiger partial charge in [-0.2, -0.15) is 0 Å². The maximum atomic E-state index is 11.6. The number of nitrogens with one attached hydrogen (secondary N) is 1. The molecule has 0 radical (unpaired) electrons. The molecule has 0 aliphatic heterocycles. The normalized spacial score (nSPS) is 17.4. The first kappa shape index (κ1) is 12.8. The van der Waals surface area contributed by atoms with E-state index in [-0.39, 0.29) is 6.03 Å². The van der Waals surface area contributed by atoms with E-state index in [4.69, 9.17) is 5.11 Å². The Labute approximate surface area is 95.8 Å². The topological polar surface area (TPSA) is 69.6 Å². The maximum Gasteiger partial charge on any atom is 0.326 e. The lowest BCUT2D eigenvalue weighted by molar-refractivity contribution is -0.139. The van der Waals surface area contributed by atoms with Crippen LogP contribution >= 0.6 is 0 Å². The van der Waals surface area contributed by atoms with Gasteiger partial charge in [-0.1, -0.05) is 13.3 Å². The van der Waals surface area contributed by atoms with Crippen LogP contribution in [0.5, 0.6) is 0 Å². The molecule has 1 aliphatic rings. The first-order chi connectivity index (χ1) is 7.54. The molecular weight excluding hydrogens is 208 g/mol. The minimum absolute atomic E-state index is 0.291. The number of carboxylic acids is 1. The molecule has 2 amide bonds. The van der Waals surface area contributed by atoms with Crippen molar-refractivity contribution >= 4 is 12.0 Å². The Morgan fingerprint density at radius 1 is 1.50 bits per heavy atom. The number of carbonyl (C=O) groups excluding carboxylic acids is 1. The number of aliphatic carboxylic acids is 1. The molecule has 1 unspecified atom stereocenters. The van der Waals surface area contributed by atoms with E-state index >= 15 is 0 Å². The molecule has 0 aromatic rings. The highest BCUT2D eigenvalue weighted by Gasteiger charge is 2.24.